The van der Waals surface area contributed by atoms with E-state index in [1.54, 1.807) is 6.07 Å². The fourth-order valence-corrected chi connectivity index (χ4v) is 2.06. The summed E-state index contributed by atoms with van der Waals surface area (Å²) in [6, 6.07) is 5.43. The molecule has 0 unspecified atom stereocenters. The predicted molar refractivity (Wildman–Crippen MR) is 72.2 cm³/mol. The summed E-state index contributed by atoms with van der Waals surface area (Å²) in [5, 5.41) is 19.6. The molecule has 5 nitrogen and oxygen atoms in total. The molecule has 0 aliphatic rings. The number of aromatic amines is 1. The molecule has 1 heterocycles. The summed E-state index contributed by atoms with van der Waals surface area (Å²) in [4.78, 5) is 4.06. The van der Waals surface area contributed by atoms with Crippen LogP contribution in [0, 0.1) is 0 Å². The minimum absolute atomic E-state index is 0.320. The molecule has 1 aromatic heterocycles. The van der Waals surface area contributed by atoms with Gasteiger partial charge in [-0.05, 0) is 31.2 Å². The van der Waals surface area contributed by atoms with Crippen LogP contribution in [0.4, 0.5) is 0 Å². The van der Waals surface area contributed by atoms with Crippen molar-refractivity contribution in [2.75, 3.05) is 6.54 Å². The summed E-state index contributed by atoms with van der Waals surface area (Å²) in [6.45, 7) is 1.52. The topological polar surface area (TPSA) is 73.8 Å². The van der Waals surface area contributed by atoms with Gasteiger partial charge in [0.1, 0.15) is 17.9 Å². The van der Waals surface area contributed by atoms with E-state index in [9.17, 15) is 5.11 Å². The Labute approximate surface area is 114 Å². The molecule has 0 atom stereocenters. The average Bonchev–Trinajstić information content (AvgIpc) is 2.86. The van der Waals surface area contributed by atoms with Crippen molar-refractivity contribution in [1.82, 2.24) is 20.5 Å². The van der Waals surface area contributed by atoms with Crippen LogP contribution in [0.15, 0.2) is 29.0 Å². The SMILES string of the molecule is Oc1ccc(Br)cc1CNCCCc1ncn[nH]1. The van der Waals surface area contributed by atoms with Crippen LogP contribution >= 0.6 is 15.9 Å². The maximum atomic E-state index is 9.66. The van der Waals surface area contributed by atoms with Crippen molar-refractivity contribution in [3.8, 4) is 5.75 Å². The Morgan fingerprint density at radius 2 is 2.28 bits per heavy atom. The zero-order chi connectivity index (χ0) is 12.8. The number of phenolic OH excluding ortho intramolecular Hbond substituents is 1. The largest absolute Gasteiger partial charge is 0.508 e. The molecule has 2 aromatic rings. The maximum Gasteiger partial charge on any atom is 0.137 e. The first-order chi connectivity index (χ1) is 8.75. The van der Waals surface area contributed by atoms with Crippen LogP contribution in [0.1, 0.15) is 17.8 Å². The lowest BCUT2D eigenvalue weighted by atomic mass is 10.2. The second-order valence-corrected chi connectivity index (χ2v) is 4.90. The summed E-state index contributed by atoms with van der Waals surface area (Å²) in [5.74, 6) is 1.23. The molecule has 0 fully saturated rings. The van der Waals surface area contributed by atoms with E-state index in [4.69, 9.17) is 0 Å². The van der Waals surface area contributed by atoms with Crippen molar-refractivity contribution in [3.63, 3.8) is 0 Å². The van der Waals surface area contributed by atoms with Crippen molar-refractivity contribution in [1.29, 1.82) is 0 Å². The molecule has 96 valence electrons. The first-order valence-electron chi connectivity index (χ1n) is 5.78. The molecule has 0 saturated carbocycles. The lowest BCUT2D eigenvalue weighted by Gasteiger charge is -2.06. The molecule has 0 amide bonds. The van der Waals surface area contributed by atoms with Crippen LogP contribution < -0.4 is 5.32 Å². The van der Waals surface area contributed by atoms with Gasteiger partial charge in [-0.1, -0.05) is 15.9 Å². The Morgan fingerprint density at radius 3 is 3.06 bits per heavy atom. The van der Waals surface area contributed by atoms with Crippen LogP contribution in [-0.4, -0.2) is 26.8 Å². The van der Waals surface area contributed by atoms with Gasteiger partial charge in [0.25, 0.3) is 0 Å². The van der Waals surface area contributed by atoms with Crippen LogP contribution in [0.3, 0.4) is 0 Å². The molecule has 18 heavy (non-hydrogen) atoms. The van der Waals surface area contributed by atoms with E-state index < -0.39 is 0 Å². The molecular formula is C12H15BrN4O. The molecular weight excluding hydrogens is 296 g/mol. The number of hydrogen-bond acceptors (Lipinski definition) is 4. The molecule has 2 rings (SSSR count). The van der Waals surface area contributed by atoms with Crippen molar-refractivity contribution in [2.24, 2.45) is 0 Å². The highest BCUT2D eigenvalue weighted by atomic mass is 79.9. The Hall–Kier alpha value is -1.40. The second-order valence-electron chi connectivity index (χ2n) is 3.99. The number of aryl methyl sites for hydroxylation is 1. The third-order valence-electron chi connectivity index (χ3n) is 2.59. The van der Waals surface area contributed by atoms with E-state index in [0.29, 0.717) is 12.3 Å². The van der Waals surface area contributed by atoms with Gasteiger partial charge in [0, 0.05) is 23.0 Å². The van der Waals surface area contributed by atoms with Gasteiger partial charge in [0.15, 0.2) is 0 Å². The summed E-state index contributed by atoms with van der Waals surface area (Å²) in [5.41, 5.74) is 0.893. The minimum atomic E-state index is 0.320. The summed E-state index contributed by atoms with van der Waals surface area (Å²) >= 11 is 3.39. The van der Waals surface area contributed by atoms with E-state index >= 15 is 0 Å². The number of aromatic hydroxyl groups is 1. The van der Waals surface area contributed by atoms with E-state index in [2.05, 4.69) is 36.4 Å². The zero-order valence-corrected chi connectivity index (χ0v) is 11.4. The fraction of sp³-hybridized carbons (Fsp3) is 0.333. The highest BCUT2D eigenvalue weighted by molar-refractivity contribution is 9.10. The van der Waals surface area contributed by atoms with Gasteiger partial charge in [-0.3, -0.25) is 5.10 Å². The van der Waals surface area contributed by atoms with Gasteiger partial charge >= 0.3 is 0 Å². The summed E-state index contributed by atoms with van der Waals surface area (Å²) in [6.07, 6.45) is 3.36. The first kappa shape index (κ1) is 13.0. The normalized spacial score (nSPS) is 10.7. The number of benzene rings is 1. The van der Waals surface area contributed by atoms with E-state index in [-0.39, 0.29) is 0 Å². The van der Waals surface area contributed by atoms with Crippen LogP contribution in [0.25, 0.3) is 0 Å². The van der Waals surface area contributed by atoms with Crippen molar-refractivity contribution in [2.45, 2.75) is 19.4 Å². The fourth-order valence-electron chi connectivity index (χ4n) is 1.65. The quantitative estimate of drug-likeness (QED) is 0.713. The standard InChI is InChI=1S/C12H15BrN4O/c13-10-3-4-11(18)9(6-10)7-14-5-1-2-12-15-8-16-17-12/h3-4,6,8,14,18H,1-2,5,7H2,(H,15,16,17). The smallest absolute Gasteiger partial charge is 0.137 e. The Kier molecular flexibility index (Phi) is 4.72. The van der Waals surface area contributed by atoms with Crippen molar-refractivity contribution >= 4 is 15.9 Å². The van der Waals surface area contributed by atoms with Gasteiger partial charge in [-0.15, -0.1) is 0 Å². The molecule has 0 aliphatic heterocycles. The number of halogens is 1. The molecule has 1 aromatic carbocycles. The minimum Gasteiger partial charge on any atom is -0.508 e. The van der Waals surface area contributed by atoms with E-state index in [0.717, 1.165) is 35.2 Å². The second kappa shape index (κ2) is 6.51. The molecule has 0 spiro atoms. The average molecular weight is 311 g/mol. The van der Waals surface area contributed by atoms with Gasteiger partial charge in [-0.25, -0.2) is 4.98 Å². The summed E-state index contributed by atoms with van der Waals surface area (Å²) < 4.78 is 0.971. The number of rotatable bonds is 6. The van der Waals surface area contributed by atoms with Crippen LogP contribution in [0.5, 0.6) is 5.75 Å². The molecule has 0 radical (unpaired) electrons. The molecule has 3 N–H and O–H groups in total. The number of nitrogens with zero attached hydrogens (tertiary/aromatic N) is 2. The van der Waals surface area contributed by atoms with Crippen LogP contribution in [0.2, 0.25) is 0 Å². The number of aromatic nitrogens is 3. The third-order valence-corrected chi connectivity index (χ3v) is 3.08. The maximum absolute atomic E-state index is 9.66. The lowest BCUT2D eigenvalue weighted by Crippen LogP contribution is -2.15. The Balaban J connectivity index is 1.70. The van der Waals surface area contributed by atoms with Gasteiger partial charge in [0.05, 0.1) is 0 Å². The summed E-state index contributed by atoms with van der Waals surface area (Å²) in [7, 11) is 0. The van der Waals surface area contributed by atoms with E-state index in [1.807, 2.05) is 12.1 Å². The van der Waals surface area contributed by atoms with Gasteiger partial charge < -0.3 is 10.4 Å². The monoisotopic (exact) mass is 310 g/mol. The number of phenols is 1. The highest BCUT2D eigenvalue weighted by Crippen LogP contribution is 2.21. The molecule has 0 aliphatic carbocycles. The highest BCUT2D eigenvalue weighted by Gasteiger charge is 2.01. The number of nitrogens with one attached hydrogen (secondary N) is 2. The van der Waals surface area contributed by atoms with Crippen LogP contribution in [-0.2, 0) is 13.0 Å². The number of H-pyrrole nitrogens is 1. The van der Waals surface area contributed by atoms with E-state index in [1.165, 1.54) is 6.33 Å². The van der Waals surface area contributed by atoms with Gasteiger partial charge in [-0.2, -0.15) is 5.10 Å². The Morgan fingerprint density at radius 1 is 1.39 bits per heavy atom. The lowest BCUT2D eigenvalue weighted by molar-refractivity contribution is 0.464. The van der Waals surface area contributed by atoms with Crippen molar-refractivity contribution in [3.05, 3.63) is 40.4 Å². The molecule has 0 bridgehead atoms. The first-order valence-corrected chi connectivity index (χ1v) is 6.57. The Bertz CT molecular complexity index is 487. The van der Waals surface area contributed by atoms with Gasteiger partial charge in [0.2, 0.25) is 0 Å². The third kappa shape index (κ3) is 3.82. The predicted octanol–water partition coefficient (Wildman–Crippen LogP) is 2.00. The van der Waals surface area contributed by atoms with Crippen molar-refractivity contribution < 1.29 is 5.11 Å². The number of hydrogen-bond donors (Lipinski definition) is 3. The zero-order valence-electron chi connectivity index (χ0n) is 9.86. The molecule has 6 heteroatoms. The molecule has 0 saturated heterocycles.